The van der Waals surface area contributed by atoms with E-state index in [-0.39, 0.29) is 25.2 Å². The van der Waals surface area contributed by atoms with Crippen molar-refractivity contribution in [1.29, 1.82) is 0 Å². The lowest BCUT2D eigenvalue weighted by Crippen LogP contribution is -2.28. The molecule has 0 radical (unpaired) electrons. The zero-order chi connectivity index (χ0) is 60.5. The summed E-state index contributed by atoms with van der Waals surface area (Å²) in [6, 6.07) is 0. The van der Waals surface area contributed by atoms with Crippen molar-refractivity contribution < 1.29 is 24.2 Å². The van der Waals surface area contributed by atoms with Crippen molar-refractivity contribution in [2.75, 3.05) is 13.2 Å². The molecule has 0 aromatic carbocycles. The highest BCUT2D eigenvalue weighted by molar-refractivity contribution is 5.70. The SMILES string of the molecule is CC/C=C\C/C=C\C/C=C\C/C=C\C/C=C\C/C=C\CCCCCCCCCCCCCCCCCCCCCCCCC(=O)OC(CO)COC(=O)CCCCCCCCCCCCCCCCCCC/C=C\C/C=C\CCCCCCC. The topological polar surface area (TPSA) is 72.8 Å². The molecule has 0 aromatic heterocycles. The molecule has 84 heavy (non-hydrogen) atoms. The molecule has 5 nitrogen and oxygen atoms in total. The Bertz CT molecular complexity index is 1560. The maximum absolute atomic E-state index is 12.4. The molecule has 0 aromatic rings. The monoisotopic (exact) mass is 1170 g/mol. The molecule has 1 N–H and O–H groups in total. The molecular weight excluding hydrogens is 1030 g/mol. The number of carbonyl (C=O) groups excluding carboxylic acids is 2. The zero-order valence-corrected chi connectivity index (χ0v) is 55.9. The molecule has 0 amide bonds. The maximum atomic E-state index is 12.4. The molecular formula is C79H140O5. The summed E-state index contributed by atoms with van der Waals surface area (Å²) in [5, 5.41) is 9.71. The molecule has 0 saturated carbocycles. The van der Waals surface area contributed by atoms with Crippen LogP contribution in [0, 0.1) is 0 Å². The molecule has 1 unspecified atom stereocenters. The van der Waals surface area contributed by atoms with E-state index in [1.807, 2.05) is 0 Å². The molecule has 486 valence electrons. The molecule has 0 heterocycles. The Kier molecular flexibility index (Phi) is 71.3. The maximum Gasteiger partial charge on any atom is 0.306 e. The van der Waals surface area contributed by atoms with Crippen molar-refractivity contribution in [3.8, 4) is 0 Å². The van der Waals surface area contributed by atoms with Gasteiger partial charge < -0.3 is 14.6 Å². The van der Waals surface area contributed by atoms with Crippen molar-refractivity contribution in [2.24, 2.45) is 0 Å². The van der Waals surface area contributed by atoms with Gasteiger partial charge in [0.1, 0.15) is 6.61 Å². The average Bonchev–Trinajstić information content (AvgIpc) is 3.51. The quantitative estimate of drug-likeness (QED) is 0.0373. The third-order valence-electron chi connectivity index (χ3n) is 16.4. The van der Waals surface area contributed by atoms with Crippen LogP contribution in [0.1, 0.15) is 373 Å². The fourth-order valence-corrected chi connectivity index (χ4v) is 10.9. The van der Waals surface area contributed by atoms with Crippen molar-refractivity contribution in [3.63, 3.8) is 0 Å². The number of unbranched alkanes of at least 4 members (excludes halogenated alkanes) is 44. The van der Waals surface area contributed by atoms with E-state index < -0.39 is 6.10 Å². The van der Waals surface area contributed by atoms with Crippen LogP contribution in [0.5, 0.6) is 0 Å². The number of hydrogen-bond donors (Lipinski definition) is 1. The van der Waals surface area contributed by atoms with Crippen LogP contribution in [0.4, 0.5) is 0 Å². The summed E-state index contributed by atoms with van der Waals surface area (Å²) in [4.78, 5) is 24.7. The Hall–Kier alpha value is -3.18. The van der Waals surface area contributed by atoms with Crippen molar-refractivity contribution in [3.05, 3.63) is 97.2 Å². The van der Waals surface area contributed by atoms with Crippen LogP contribution < -0.4 is 0 Å². The standard InChI is InChI=1S/C79H140O5/c1-3-5-7-9-11-13-15-17-19-21-23-25-27-29-31-33-34-35-36-37-38-39-40-41-42-43-44-46-48-50-52-54-56-58-60-62-64-66-68-70-72-74-79(82)84-77(75-80)76-83-78(81)73-71-69-67-65-63-61-59-57-55-53-51-49-47-45-32-30-28-26-24-22-20-18-16-14-12-10-8-6-4-2/h5,7,11,13,16-19,22-25,29,31,34-35,77,80H,3-4,6,8-10,12,14-15,20-21,26-28,30,32-33,36-76H2,1-2H3/b7-5-,13-11-,18-16-,19-17-,24-22-,25-23-,31-29-,35-34-. The minimum atomic E-state index is -0.774. The third-order valence-corrected chi connectivity index (χ3v) is 16.4. The number of rotatable bonds is 68. The summed E-state index contributed by atoms with van der Waals surface area (Å²) in [6.07, 6.45) is 106. The van der Waals surface area contributed by atoms with Crippen LogP contribution in [0.2, 0.25) is 0 Å². The number of ether oxygens (including phenoxy) is 2. The summed E-state index contributed by atoms with van der Waals surface area (Å²) < 4.78 is 10.8. The predicted octanol–water partition coefficient (Wildman–Crippen LogP) is 25.8. The van der Waals surface area contributed by atoms with Crippen LogP contribution >= 0.6 is 0 Å². The number of hydrogen-bond acceptors (Lipinski definition) is 5. The Morgan fingerprint density at radius 2 is 0.512 bits per heavy atom. The second kappa shape index (κ2) is 74.1. The van der Waals surface area contributed by atoms with Crippen LogP contribution in [0.15, 0.2) is 97.2 Å². The summed E-state index contributed by atoms with van der Waals surface area (Å²) in [6.45, 7) is 4.06. The van der Waals surface area contributed by atoms with Gasteiger partial charge in [-0.3, -0.25) is 9.59 Å². The summed E-state index contributed by atoms with van der Waals surface area (Å²) in [7, 11) is 0. The molecule has 5 heteroatoms. The normalized spacial score (nSPS) is 12.8. The first-order chi connectivity index (χ1) is 41.6. The van der Waals surface area contributed by atoms with Crippen molar-refractivity contribution in [1.82, 2.24) is 0 Å². The van der Waals surface area contributed by atoms with E-state index in [2.05, 4.69) is 111 Å². The minimum Gasteiger partial charge on any atom is -0.462 e. The van der Waals surface area contributed by atoms with Gasteiger partial charge in [-0.2, -0.15) is 0 Å². The van der Waals surface area contributed by atoms with Gasteiger partial charge in [-0.1, -0.05) is 361 Å². The van der Waals surface area contributed by atoms with E-state index in [0.717, 1.165) is 83.5 Å². The molecule has 0 aliphatic heterocycles. The van der Waals surface area contributed by atoms with Gasteiger partial charge >= 0.3 is 11.9 Å². The summed E-state index contributed by atoms with van der Waals surface area (Å²) in [5.41, 5.74) is 0. The molecule has 0 bridgehead atoms. The number of allylic oxidation sites excluding steroid dienone is 16. The van der Waals surface area contributed by atoms with Gasteiger partial charge in [0.05, 0.1) is 6.61 Å². The first-order valence-corrected chi connectivity index (χ1v) is 36.8. The summed E-state index contributed by atoms with van der Waals surface area (Å²) >= 11 is 0. The van der Waals surface area contributed by atoms with E-state index in [0.29, 0.717) is 12.8 Å². The number of carbonyl (C=O) groups is 2. The third kappa shape index (κ3) is 71.3. The van der Waals surface area contributed by atoms with E-state index in [9.17, 15) is 14.7 Å². The Morgan fingerprint density at radius 3 is 0.774 bits per heavy atom. The van der Waals surface area contributed by atoms with Gasteiger partial charge in [0, 0.05) is 12.8 Å². The second-order valence-electron chi connectivity index (χ2n) is 24.6. The van der Waals surface area contributed by atoms with Crippen LogP contribution in [0.3, 0.4) is 0 Å². The lowest BCUT2D eigenvalue weighted by molar-refractivity contribution is -0.161. The number of aliphatic hydroxyl groups excluding tert-OH is 1. The smallest absolute Gasteiger partial charge is 0.306 e. The fourth-order valence-electron chi connectivity index (χ4n) is 10.9. The lowest BCUT2D eigenvalue weighted by Gasteiger charge is -2.15. The fraction of sp³-hybridized carbons (Fsp3) is 0.772. The lowest BCUT2D eigenvalue weighted by atomic mass is 10.0. The van der Waals surface area contributed by atoms with Crippen LogP contribution in [0.25, 0.3) is 0 Å². The van der Waals surface area contributed by atoms with Gasteiger partial charge in [-0.05, 0) is 96.3 Å². The van der Waals surface area contributed by atoms with E-state index in [4.69, 9.17) is 9.47 Å². The van der Waals surface area contributed by atoms with E-state index in [1.54, 1.807) is 0 Å². The molecule has 0 aliphatic rings. The highest BCUT2D eigenvalue weighted by Gasteiger charge is 2.16. The van der Waals surface area contributed by atoms with Crippen LogP contribution in [-0.4, -0.2) is 36.4 Å². The Labute approximate surface area is 523 Å². The average molecular weight is 1170 g/mol. The van der Waals surface area contributed by atoms with E-state index in [1.165, 1.54) is 263 Å². The van der Waals surface area contributed by atoms with Crippen molar-refractivity contribution in [2.45, 2.75) is 380 Å². The first-order valence-electron chi connectivity index (χ1n) is 36.8. The Balaban J connectivity index is 3.41. The molecule has 1 atom stereocenters. The van der Waals surface area contributed by atoms with Crippen LogP contribution in [-0.2, 0) is 19.1 Å². The van der Waals surface area contributed by atoms with E-state index >= 15 is 0 Å². The predicted molar refractivity (Wildman–Crippen MR) is 371 cm³/mol. The first kappa shape index (κ1) is 80.8. The molecule has 0 rings (SSSR count). The highest BCUT2D eigenvalue weighted by atomic mass is 16.6. The van der Waals surface area contributed by atoms with Gasteiger partial charge in [-0.15, -0.1) is 0 Å². The molecule has 0 spiro atoms. The zero-order valence-electron chi connectivity index (χ0n) is 55.9. The molecule has 0 fully saturated rings. The van der Waals surface area contributed by atoms with Gasteiger partial charge in [0.15, 0.2) is 6.10 Å². The molecule has 0 saturated heterocycles. The minimum absolute atomic E-state index is 0.0630. The second-order valence-corrected chi connectivity index (χ2v) is 24.6. The number of aliphatic hydroxyl groups is 1. The molecule has 0 aliphatic carbocycles. The van der Waals surface area contributed by atoms with Crippen molar-refractivity contribution >= 4 is 11.9 Å². The van der Waals surface area contributed by atoms with Gasteiger partial charge in [0.25, 0.3) is 0 Å². The van der Waals surface area contributed by atoms with Gasteiger partial charge in [-0.25, -0.2) is 0 Å². The van der Waals surface area contributed by atoms with Gasteiger partial charge in [0.2, 0.25) is 0 Å². The summed E-state index contributed by atoms with van der Waals surface area (Å²) in [5.74, 6) is -0.572. The number of esters is 2. The highest BCUT2D eigenvalue weighted by Crippen LogP contribution is 2.18. The largest absolute Gasteiger partial charge is 0.462 e. The Morgan fingerprint density at radius 1 is 0.286 bits per heavy atom.